The normalized spacial score (nSPS) is 11.2. The Morgan fingerprint density at radius 2 is 2.23 bits per heavy atom. The van der Waals surface area contributed by atoms with Gasteiger partial charge in [0.1, 0.15) is 11.3 Å². The van der Waals surface area contributed by atoms with Crippen molar-refractivity contribution in [2.45, 2.75) is 6.92 Å². The standard InChI is InChI=1S/C16H14N2O2S2/c1-10-5-7-12(20-2)14-15(10)22-16(18-14)17-13(19)8-6-11-4-3-9-21-11/h3-9H,1-2H3,(H,17,18,19)/b8-6+. The Morgan fingerprint density at radius 1 is 1.36 bits per heavy atom. The molecule has 0 aliphatic heterocycles. The van der Waals surface area contributed by atoms with Gasteiger partial charge in [-0.3, -0.25) is 10.1 Å². The molecule has 0 radical (unpaired) electrons. The average Bonchev–Trinajstić information content (AvgIpc) is 3.15. The summed E-state index contributed by atoms with van der Waals surface area (Å²) < 4.78 is 6.34. The van der Waals surface area contributed by atoms with E-state index in [-0.39, 0.29) is 5.91 Å². The summed E-state index contributed by atoms with van der Waals surface area (Å²) in [6.07, 6.45) is 3.31. The molecule has 1 amide bonds. The molecule has 6 heteroatoms. The molecule has 0 spiro atoms. The zero-order valence-electron chi connectivity index (χ0n) is 12.1. The van der Waals surface area contributed by atoms with E-state index in [9.17, 15) is 4.79 Å². The highest BCUT2D eigenvalue weighted by Gasteiger charge is 2.12. The van der Waals surface area contributed by atoms with E-state index in [1.807, 2.05) is 36.6 Å². The van der Waals surface area contributed by atoms with Gasteiger partial charge in [-0.1, -0.05) is 23.5 Å². The summed E-state index contributed by atoms with van der Waals surface area (Å²) in [7, 11) is 1.62. The zero-order valence-corrected chi connectivity index (χ0v) is 13.8. The van der Waals surface area contributed by atoms with Crippen LogP contribution in [0.5, 0.6) is 5.75 Å². The third kappa shape index (κ3) is 3.03. The van der Waals surface area contributed by atoms with Gasteiger partial charge in [-0.15, -0.1) is 11.3 Å². The fourth-order valence-corrected chi connectivity index (χ4v) is 3.59. The molecule has 0 aliphatic rings. The monoisotopic (exact) mass is 330 g/mol. The topological polar surface area (TPSA) is 51.2 Å². The first-order valence-electron chi connectivity index (χ1n) is 6.64. The van der Waals surface area contributed by atoms with E-state index in [2.05, 4.69) is 10.3 Å². The van der Waals surface area contributed by atoms with E-state index < -0.39 is 0 Å². The van der Waals surface area contributed by atoms with Crippen molar-refractivity contribution in [3.63, 3.8) is 0 Å². The lowest BCUT2D eigenvalue weighted by Gasteiger charge is -2.01. The zero-order chi connectivity index (χ0) is 15.5. The first-order valence-corrected chi connectivity index (χ1v) is 8.33. The van der Waals surface area contributed by atoms with Crippen LogP contribution in [-0.2, 0) is 4.79 Å². The number of rotatable bonds is 4. The maximum atomic E-state index is 12.0. The van der Waals surface area contributed by atoms with Gasteiger partial charge in [-0.2, -0.15) is 0 Å². The van der Waals surface area contributed by atoms with Gasteiger partial charge in [-0.05, 0) is 36.1 Å². The number of nitrogens with zero attached hydrogens (tertiary/aromatic N) is 1. The number of thiazole rings is 1. The van der Waals surface area contributed by atoms with E-state index in [0.717, 1.165) is 20.7 Å². The smallest absolute Gasteiger partial charge is 0.250 e. The lowest BCUT2D eigenvalue weighted by molar-refractivity contribution is -0.111. The molecule has 0 saturated heterocycles. The van der Waals surface area contributed by atoms with E-state index in [0.29, 0.717) is 10.9 Å². The summed E-state index contributed by atoms with van der Waals surface area (Å²) in [5, 5.41) is 5.35. The molecule has 4 nitrogen and oxygen atoms in total. The minimum Gasteiger partial charge on any atom is -0.494 e. The Labute approximate surface area is 136 Å². The van der Waals surface area contributed by atoms with Crippen molar-refractivity contribution < 1.29 is 9.53 Å². The van der Waals surface area contributed by atoms with Crippen LogP contribution < -0.4 is 10.1 Å². The number of ether oxygens (including phenoxy) is 1. The van der Waals surface area contributed by atoms with Crippen LogP contribution in [0.15, 0.2) is 35.7 Å². The molecule has 1 aromatic carbocycles. The number of nitrogens with one attached hydrogen (secondary N) is 1. The summed E-state index contributed by atoms with van der Waals surface area (Å²) in [5.41, 5.74) is 1.90. The van der Waals surface area contributed by atoms with Gasteiger partial charge < -0.3 is 4.74 Å². The molecule has 0 aliphatic carbocycles. The highest BCUT2D eigenvalue weighted by Crippen LogP contribution is 2.34. The Bertz CT molecular complexity index is 835. The number of methoxy groups -OCH3 is 1. The number of carbonyl (C=O) groups is 1. The molecule has 22 heavy (non-hydrogen) atoms. The number of hydrogen-bond donors (Lipinski definition) is 1. The number of benzene rings is 1. The van der Waals surface area contributed by atoms with Crippen LogP contribution in [0.4, 0.5) is 5.13 Å². The van der Waals surface area contributed by atoms with Gasteiger partial charge in [0.15, 0.2) is 5.13 Å². The van der Waals surface area contributed by atoms with Gasteiger partial charge in [0.2, 0.25) is 5.91 Å². The summed E-state index contributed by atoms with van der Waals surface area (Å²) in [4.78, 5) is 17.5. The molecule has 112 valence electrons. The molecule has 0 saturated carbocycles. The fourth-order valence-electron chi connectivity index (χ4n) is 2.02. The lowest BCUT2D eigenvalue weighted by atomic mass is 10.2. The summed E-state index contributed by atoms with van der Waals surface area (Å²) in [5.74, 6) is 0.524. The Hall–Kier alpha value is -2.18. The molecule has 2 aromatic heterocycles. The van der Waals surface area contributed by atoms with Gasteiger partial charge in [0.05, 0.1) is 11.8 Å². The first kappa shape index (κ1) is 14.7. The molecule has 0 unspecified atom stereocenters. The molecular weight excluding hydrogens is 316 g/mol. The molecule has 3 aromatic rings. The molecule has 1 N–H and O–H groups in total. The maximum absolute atomic E-state index is 12.0. The summed E-state index contributed by atoms with van der Waals surface area (Å²) in [6.45, 7) is 2.02. The molecule has 3 rings (SSSR count). The van der Waals surface area contributed by atoms with E-state index in [1.165, 1.54) is 17.4 Å². The number of anilines is 1. The lowest BCUT2D eigenvalue weighted by Crippen LogP contribution is -2.07. The van der Waals surface area contributed by atoms with Crippen LogP contribution >= 0.6 is 22.7 Å². The van der Waals surface area contributed by atoms with Crippen molar-refractivity contribution in [2.75, 3.05) is 12.4 Å². The van der Waals surface area contributed by atoms with Crippen LogP contribution in [0.25, 0.3) is 16.3 Å². The van der Waals surface area contributed by atoms with E-state index >= 15 is 0 Å². The number of amides is 1. The van der Waals surface area contributed by atoms with Crippen molar-refractivity contribution in [3.05, 3.63) is 46.2 Å². The van der Waals surface area contributed by atoms with Gasteiger partial charge in [0, 0.05) is 11.0 Å². The maximum Gasteiger partial charge on any atom is 0.250 e. The summed E-state index contributed by atoms with van der Waals surface area (Å²) >= 11 is 3.04. The molecule has 0 fully saturated rings. The number of hydrogen-bond acceptors (Lipinski definition) is 5. The van der Waals surface area contributed by atoms with Gasteiger partial charge >= 0.3 is 0 Å². The van der Waals surface area contributed by atoms with Crippen molar-refractivity contribution in [2.24, 2.45) is 0 Å². The second-order valence-corrected chi connectivity index (χ2v) is 6.60. The number of carbonyl (C=O) groups excluding carboxylic acids is 1. The van der Waals surface area contributed by atoms with Crippen LogP contribution in [0, 0.1) is 6.92 Å². The number of aromatic nitrogens is 1. The third-order valence-electron chi connectivity index (χ3n) is 3.10. The Kier molecular flexibility index (Phi) is 4.22. The van der Waals surface area contributed by atoms with E-state index in [1.54, 1.807) is 24.5 Å². The first-order chi connectivity index (χ1) is 10.7. The molecule has 2 heterocycles. The highest BCUT2D eigenvalue weighted by atomic mass is 32.1. The predicted octanol–water partition coefficient (Wildman–Crippen LogP) is 4.33. The fraction of sp³-hybridized carbons (Fsp3) is 0.125. The van der Waals surface area contributed by atoms with E-state index in [4.69, 9.17) is 4.74 Å². The Balaban J connectivity index is 1.82. The molecule has 0 bridgehead atoms. The number of thiophene rings is 1. The van der Waals surface area contributed by atoms with Crippen molar-refractivity contribution in [3.8, 4) is 5.75 Å². The number of aryl methyl sites for hydroxylation is 1. The Morgan fingerprint density at radius 3 is 2.95 bits per heavy atom. The van der Waals surface area contributed by atoms with Crippen LogP contribution in [0.2, 0.25) is 0 Å². The van der Waals surface area contributed by atoms with Crippen LogP contribution in [0.3, 0.4) is 0 Å². The average molecular weight is 330 g/mol. The van der Waals surface area contributed by atoms with Gasteiger partial charge in [-0.25, -0.2) is 4.98 Å². The summed E-state index contributed by atoms with van der Waals surface area (Å²) in [6, 6.07) is 7.78. The van der Waals surface area contributed by atoms with Crippen molar-refractivity contribution in [1.82, 2.24) is 4.98 Å². The largest absolute Gasteiger partial charge is 0.494 e. The van der Waals surface area contributed by atoms with Crippen LogP contribution in [-0.4, -0.2) is 18.0 Å². The SMILES string of the molecule is COc1ccc(C)c2sc(NC(=O)/C=C/c3cccs3)nc12. The molecule has 0 atom stereocenters. The van der Waals surface area contributed by atoms with Crippen LogP contribution in [0.1, 0.15) is 10.4 Å². The minimum absolute atomic E-state index is 0.191. The third-order valence-corrected chi connectivity index (χ3v) is 5.04. The van der Waals surface area contributed by atoms with Crippen molar-refractivity contribution >= 4 is 50.0 Å². The highest BCUT2D eigenvalue weighted by molar-refractivity contribution is 7.22. The predicted molar refractivity (Wildman–Crippen MR) is 92.9 cm³/mol. The minimum atomic E-state index is -0.191. The molecular formula is C16H14N2O2S2. The van der Waals surface area contributed by atoms with Crippen molar-refractivity contribution in [1.29, 1.82) is 0 Å². The van der Waals surface area contributed by atoms with Gasteiger partial charge in [0.25, 0.3) is 0 Å². The second kappa shape index (κ2) is 6.29. The second-order valence-electron chi connectivity index (χ2n) is 4.62. The quantitative estimate of drug-likeness (QED) is 0.725. The number of fused-ring (bicyclic) bond motifs is 1.